The number of likely N-dealkylation sites (tertiary alicyclic amines) is 2. The average Bonchev–Trinajstić information content (AvgIpc) is 2.96. The van der Waals surface area contributed by atoms with Crippen molar-refractivity contribution in [3.8, 4) is 0 Å². The van der Waals surface area contributed by atoms with Gasteiger partial charge in [-0.2, -0.15) is 0 Å². The van der Waals surface area contributed by atoms with Crippen molar-refractivity contribution in [3.05, 3.63) is 35.1 Å². The van der Waals surface area contributed by atoms with Gasteiger partial charge < -0.3 is 9.80 Å². The van der Waals surface area contributed by atoms with E-state index in [0.717, 1.165) is 24.9 Å². The molecule has 24 heavy (non-hydrogen) atoms. The van der Waals surface area contributed by atoms with Gasteiger partial charge in [0, 0.05) is 24.7 Å². The summed E-state index contributed by atoms with van der Waals surface area (Å²) in [6.07, 6.45) is 3.12. The van der Waals surface area contributed by atoms with Crippen LogP contribution in [0.4, 0.5) is 4.39 Å². The van der Waals surface area contributed by atoms with Gasteiger partial charge >= 0.3 is 0 Å². The van der Waals surface area contributed by atoms with Gasteiger partial charge in [-0.05, 0) is 64.2 Å². The molecule has 0 N–H and O–H groups in total. The molecule has 0 radical (unpaired) electrons. The van der Waals surface area contributed by atoms with E-state index < -0.39 is 11.4 Å². The van der Waals surface area contributed by atoms with Gasteiger partial charge in [-0.1, -0.05) is 6.07 Å². The fraction of sp³-hybridized carbons (Fsp3) is 0.579. The lowest BCUT2D eigenvalue weighted by Crippen LogP contribution is -2.62. The Balaban J connectivity index is 1.96. The molecular weight excluding hydrogens is 307 g/mol. The van der Waals surface area contributed by atoms with Crippen LogP contribution in [-0.4, -0.2) is 46.3 Å². The topological polar surface area (TPSA) is 40.6 Å². The predicted molar refractivity (Wildman–Crippen MR) is 90.2 cm³/mol. The van der Waals surface area contributed by atoms with Gasteiger partial charge in [-0.25, -0.2) is 4.39 Å². The van der Waals surface area contributed by atoms with E-state index >= 15 is 0 Å². The monoisotopic (exact) mass is 332 g/mol. The number of hydrogen-bond donors (Lipinski definition) is 0. The molecule has 5 heteroatoms. The summed E-state index contributed by atoms with van der Waals surface area (Å²) in [5.41, 5.74) is 0.372. The lowest BCUT2D eigenvalue weighted by atomic mass is 9.84. The van der Waals surface area contributed by atoms with E-state index in [-0.39, 0.29) is 17.9 Å². The van der Waals surface area contributed by atoms with Crippen molar-refractivity contribution in [2.45, 2.75) is 58.0 Å². The first-order valence-electron chi connectivity index (χ1n) is 8.76. The highest BCUT2D eigenvalue weighted by atomic mass is 19.1. The maximum absolute atomic E-state index is 13.6. The highest BCUT2D eigenvalue weighted by Crippen LogP contribution is 2.40. The van der Waals surface area contributed by atoms with E-state index in [1.165, 1.54) is 12.1 Å². The minimum absolute atomic E-state index is 0.0589. The highest BCUT2D eigenvalue weighted by molar-refractivity contribution is 6.01. The van der Waals surface area contributed by atoms with Crippen LogP contribution in [0.1, 0.15) is 55.5 Å². The molecule has 4 nitrogen and oxygen atoms in total. The van der Waals surface area contributed by atoms with Gasteiger partial charge in [0.05, 0.1) is 0 Å². The van der Waals surface area contributed by atoms with E-state index in [9.17, 15) is 14.0 Å². The molecule has 0 aromatic heterocycles. The lowest BCUT2D eigenvalue weighted by molar-refractivity contribution is -0.147. The zero-order chi connectivity index (χ0) is 17.5. The second-order valence-electron chi connectivity index (χ2n) is 7.25. The van der Waals surface area contributed by atoms with Gasteiger partial charge in [0.2, 0.25) is 5.91 Å². The number of aryl methyl sites for hydroxylation is 1. The fourth-order valence-electron chi connectivity index (χ4n) is 4.14. The van der Waals surface area contributed by atoms with Crippen molar-refractivity contribution in [1.82, 2.24) is 9.80 Å². The van der Waals surface area contributed by atoms with E-state index in [2.05, 4.69) is 0 Å². The third-order valence-corrected chi connectivity index (χ3v) is 5.44. The summed E-state index contributed by atoms with van der Waals surface area (Å²) in [5, 5.41) is 0. The normalized spacial score (nSPS) is 24.3. The number of halogens is 1. The molecule has 2 fully saturated rings. The Bertz CT molecular complexity index is 673. The van der Waals surface area contributed by atoms with Crippen LogP contribution in [0.5, 0.6) is 0 Å². The van der Waals surface area contributed by atoms with Crippen molar-refractivity contribution in [2.24, 2.45) is 0 Å². The number of benzene rings is 1. The van der Waals surface area contributed by atoms with Crippen LogP contribution in [0.3, 0.4) is 0 Å². The summed E-state index contributed by atoms with van der Waals surface area (Å²) in [6, 6.07) is 4.40. The maximum Gasteiger partial charge on any atom is 0.255 e. The average molecular weight is 332 g/mol. The molecule has 1 aromatic carbocycles. The molecule has 3 rings (SSSR count). The van der Waals surface area contributed by atoms with Crippen LogP contribution in [-0.2, 0) is 4.79 Å². The third kappa shape index (κ3) is 2.60. The molecular formula is C19H25FN2O2. The molecule has 0 aliphatic carbocycles. The van der Waals surface area contributed by atoms with Crippen LogP contribution in [0.25, 0.3) is 0 Å². The van der Waals surface area contributed by atoms with Gasteiger partial charge in [0.1, 0.15) is 11.4 Å². The largest absolute Gasteiger partial charge is 0.338 e. The molecule has 2 amide bonds. The number of amides is 2. The van der Waals surface area contributed by atoms with E-state index in [0.29, 0.717) is 24.9 Å². The molecule has 130 valence electrons. The summed E-state index contributed by atoms with van der Waals surface area (Å²) >= 11 is 0. The minimum atomic E-state index is -0.738. The Morgan fingerprint density at radius 3 is 2.54 bits per heavy atom. The van der Waals surface area contributed by atoms with Crippen molar-refractivity contribution < 1.29 is 14.0 Å². The number of carbonyl (C=O) groups excluding carboxylic acids is 2. The first-order chi connectivity index (χ1) is 11.4. The van der Waals surface area contributed by atoms with Crippen molar-refractivity contribution >= 4 is 11.8 Å². The van der Waals surface area contributed by atoms with Gasteiger partial charge in [-0.3, -0.25) is 9.59 Å². The number of rotatable bonds is 2. The lowest BCUT2D eigenvalue weighted by Gasteiger charge is -2.46. The number of nitrogens with zero attached hydrogens (tertiary/aromatic N) is 2. The van der Waals surface area contributed by atoms with Crippen molar-refractivity contribution in [3.63, 3.8) is 0 Å². The first-order valence-corrected chi connectivity index (χ1v) is 8.76. The number of hydrogen-bond acceptors (Lipinski definition) is 2. The quantitative estimate of drug-likeness (QED) is 0.835. The van der Waals surface area contributed by atoms with Crippen molar-refractivity contribution in [1.29, 1.82) is 0 Å². The summed E-state index contributed by atoms with van der Waals surface area (Å²) in [7, 11) is 0. The molecule has 1 atom stereocenters. The molecule has 0 saturated carbocycles. The second kappa shape index (κ2) is 6.19. The highest BCUT2D eigenvalue weighted by Gasteiger charge is 2.53. The Morgan fingerprint density at radius 1 is 1.21 bits per heavy atom. The summed E-state index contributed by atoms with van der Waals surface area (Å²) in [6.45, 7) is 7.13. The maximum atomic E-state index is 13.6. The molecule has 2 heterocycles. The summed E-state index contributed by atoms with van der Waals surface area (Å²) in [4.78, 5) is 29.8. The van der Waals surface area contributed by atoms with Crippen LogP contribution >= 0.6 is 0 Å². The van der Waals surface area contributed by atoms with Gasteiger partial charge in [0.15, 0.2) is 0 Å². The van der Waals surface area contributed by atoms with Crippen LogP contribution < -0.4 is 0 Å². The fourth-order valence-corrected chi connectivity index (χ4v) is 4.14. The molecule has 2 saturated heterocycles. The van der Waals surface area contributed by atoms with Crippen LogP contribution in [0.15, 0.2) is 18.2 Å². The van der Waals surface area contributed by atoms with E-state index in [1.807, 2.05) is 18.7 Å². The molecule has 1 unspecified atom stereocenters. The molecule has 1 spiro atoms. The van der Waals surface area contributed by atoms with E-state index in [4.69, 9.17) is 0 Å². The number of piperidine rings is 1. The third-order valence-electron chi connectivity index (χ3n) is 5.44. The van der Waals surface area contributed by atoms with Gasteiger partial charge in [0.25, 0.3) is 5.91 Å². The SMILES string of the molecule is Cc1ccc(F)cc1C(=O)N1CCCC12CCCN(C(C)C)C2=O. The standard InChI is InChI=1S/C19H25FN2O2/c1-13(2)21-10-4-8-19(18(21)24)9-5-11-22(19)17(23)16-12-15(20)7-6-14(16)3/h6-7,12-13H,4-5,8-11H2,1-3H3. The summed E-state index contributed by atoms with van der Waals surface area (Å²) in [5.74, 6) is -0.580. The zero-order valence-corrected chi connectivity index (χ0v) is 14.6. The Hall–Kier alpha value is -1.91. The zero-order valence-electron chi connectivity index (χ0n) is 14.6. The predicted octanol–water partition coefficient (Wildman–Crippen LogP) is 3.14. The smallest absolute Gasteiger partial charge is 0.255 e. The summed E-state index contributed by atoms with van der Waals surface area (Å²) < 4.78 is 13.6. The van der Waals surface area contributed by atoms with Gasteiger partial charge in [-0.15, -0.1) is 0 Å². The van der Waals surface area contributed by atoms with Crippen LogP contribution in [0, 0.1) is 12.7 Å². The Kier molecular flexibility index (Phi) is 4.37. The van der Waals surface area contributed by atoms with Crippen molar-refractivity contribution in [2.75, 3.05) is 13.1 Å². The first kappa shape index (κ1) is 16.9. The molecule has 0 bridgehead atoms. The van der Waals surface area contributed by atoms with E-state index in [1.54, 1.807) is 17.9 Å². The Labute approximate surface area is 142 Å². The Morgan fingerprint density at radius 2 is 1.88 bits per heavy atom. The second-order valence-corrected chi connectivity index (χ2v) is 7.25. The molecule has 2 aliphatic heterocycles. The molecule has 2 aliphatic rings. The van der Waals surface area contributed by atoms with Crippen LogP contribution in [0.2, 0.25) is 0 Å². The molecule has 1 aromatic rings. The number of carbonyl (C=O) groups is 2. The minimum Gasteiger partial charge on any atom is -0.338 e.